The van der Waals surface area contributed by atoms with Gasteiger partial charge in [-0.2, -0.15) is 5.10 Å². The zero-order valence-electron chi connectivity index (χ0n) is 13.4. The predicted octanol–water partition coefficient (Wildman–Crippen LogP) is 1.86. The van der Waals surface area contributed by atoms with Gasteiger partial charge in [-0.3, -0.25) is 4.68 Å². The molecular formula is C16H19N7O. The third-order valence-electron chi connectivity index (χ3n) is 3.54. The van der Waals surface area contributed by atoms with Gasteiger partial charge in [-0.25, -0.2) is 9.48 Å². The fourth-order valence-corrected chi connectivity index (χ4v) is 2.30. The second-order valence-corrected chi connectivity index (χ2v) is 5.25. The lowest BCUT2D eigenvalue weighted by atomic mass is 10.2. The summed E-state index contributed by atoms with van der Waals surface area (Å²) in [6.45, 7) is 3.77. The highest BCUT2D eigenvalue weighted by atomic mass is 16.2. The molecule has 0 saturated heterocycles. The van der Waals surface area contributed by atoms with Crippen molar-refractivity contribution in [3.63, 3.8) is 0 Å². The Balaban J connectivity index is 1.51. The second-order valence-electron chi connectivity index (χ2n) is 5.25. The number of carbonyl (C=O) groups excluding carboxylic acids is 1. The van der Waals surface area contributed by atoms with Gasteiger partial charge in [0.15, 0.2) is 0 Å². The van der Waals surface area contributed by atoms with Crippen molar-refractivity contribution in [2.24, 2.45) is 0 Å². The molecule has 2 aromatic heterocycles. The van der Waals surface area contributed by atoms with E-state index in [9.17, 15) is 4.79 Å². The largest absolute Gasteiger partial charge is 0.332 e. The lowest BCUT2D eigenvalue weighted by Gasteiger charge is -2.09. The zero-order valence-corrected chi connectivity index (χ0v) is 13.4. The highest BCUT2D eigenvalue weighted by Gasteiger charge is 2.06. The van der Waals surface area contributed by atoms with Gasteiger partial charge in [-0.1, -0.05) is 17.3 Å². The Kier molecular flexibility index (Phi) is 4.85. The number of amides is 2. The van der Waals surface area contributed by atoms with Crippen molar-refractivity contribution in [3.05, 3.63) is 60.2 Å². The lowest BCUT2D eigenvalue weighted by molar-refractivity contribution is 0.251. The first-order valence-corrected chi connectivity index (χ1v) is 7.73. The molecule has 0 fully saturated rings. The van der Waals surface area contributed by atoms with Gasteiger partial charge in [-0.15, -0.1) is 5.10 Å². The molecule has 0 spiro atoms. The molecule has 0 atom stereocenters. The van der Waals surface area contributed by atoms with Gasteiger partial charge in [0.05, 0.1) is 25.0 Å². The van der Waals surface area contributed by atoms with Crippen LogP contribution in [0.2, 0.25) is 0 Å². The van der Waals surface area contributed by atoms with E-state index in [1.54, 1.807) is 17.1 Å². The first kappa shape index (κ1) is 15.7. The molecule has 0 bridgehead atoms. The number of anilines is 1. The molecule has 3 aromatic rings. The summed E-state index contributed by atoms with van der Waals surface area (Å²) in [4.78, 5) is 12.0. The van der Waals surface area contributed by atoms with E-state index in [0.29, 0.717) is 13.1 Å². The van der Waals surface area contributed by atoms with E-state index in [1.165, 1.54) is 0 Å². The van der Waals surface area contributed by atoms with Crippen molar-refractivity contribution < 1.29 is 4.79 Å². The molecule has 124 valence electrons. The zero-order chi connectivity index (χ0) is 16.8. The van der Waals surface area contributed by atoms with Gasteiger partial charge in [0, 0.05) is 24.6 Å². The van der Waals surface area contributed by atoms with Crippen LogP contribution < -0.4 is 10.6 Å². The highest BCUT2D eigenvalue weighted by Crippen LogP contribution is 2.10. The van der Waals surface area contributed by atoms with Crippen LogP contribution in [0.15, 0.2) is 48.9 Å². The quantitative estimate of drug-likeness (QED) is 0.724. The van der Waals surface area contributed by atoms with E-state index in [0.717, 1.165) is 23.5 Å². The Hall–Kier alpha value is -3.16. The molecule has 2 heterocycles. The smallest absolute Gasteiger partial charge is 0.319 e. The monoisotopic (exact) mass is 325 g/mol. The normalized spacial score (nSPS) is 10.5. The van der Waals surface area contributed by atoms with Crippen LogP contribution in [0.25, 0.3) is 0 Å². The minimum absolute atomic E-state index is 0.265. The predicted molar refractivity (Wildman–Crippen MR) is 89.3 cm³/mol. The number of aryl methyl sites for hydroxylation is 1. The summed E-state index contributed by atoms with van der Waals surface area (Å²) in [6, 6.07) is 9.30. The molecule has 24 heavy (non-hydrogen) atoms. The van der Waals surface area contributed by atoms with Crippen molar-refractivity contribution in [2.45, 2.75) is 26.6 Å². The van der Waals surface area contributed by atoms with Gasteiger partial charge < -0.3 is 10.6 Å². The van der Waals surface area contributed by atoms with Crippen LogP contribution in [0.5, 0.6) is 0 Å². The summed E-state index contributed by atoms with van der Waals surface area (Å²) in [5.74, 6) is 0. The number of urea groups is 1. The van der Waals surface area contributed by atoms with Gasteiger partial charge in [-0.05, 0) is 30.7 Å². The fraction of sp³-hybridized carbons (Fsp3) is 0.250. The summed E-state index contributed by atoms with van der Waals surface area (Å²) in [5.41, 5.74) is 2.71. The summed E-state index contributed by atoms with van der Waals surface area (Å²) in [5, 5.41) is 17.5. The average Bonchev–Trinajstić information content (AvgIpc) is 3.26. The van der Waals surface area contributed by atoms with Crippen LogP contribution in [0.3, 0.4) is 0 Å². The number of hydrogen-bond donors (Lipinski definition) is 2. The van der Waals surface area contributed by atoms with Crippen LogP contribution in [-0.4, -0.2) is 30.8 Å². The fourth-order valence-electron chi connectivity index (χ4n) is 2.30. The van der Waals surface area contributed by atoms with E-state index < -0.39 is 0 Å². The van der Waals surface area contributed by atoms with Gasteiger partial charge in [0.2, 0.25) is 0 Å². The molecule has 8 nitrogen and oxygen atoms in total. The van der Waals surface area contributed by atoms with Crippen molar-refractivity contribution in [1.29, 1.82) is 0 Å². The number of benzene rings is 1. The van der Waals surface area contributed by atoms with Crippen LogP contribution in [0.1, 0.15) is 18.2 Å². The number of hydrogen-bond acceptors (Lipinski definition) is 4. The number of carbonyl (C=O) groups is 1. The molecule has 0 saturated carbocycles. The van der Waals surface area contributed by atoms with Gasteiger partial charge in [0.1, 0.15) is 0 Å². The van der Waals surface area contributed by atoms with E-state index in [2.05, 4.69) is 26.0 Å². The first-order chi connectivity index (χ1) is 11.7. The Labute approximate surface area is 139 Å². The standard InChI is InChI=1S/C16H19N7O/c1-2-23-15(11-18-21-23)10-17-16(24)20-14-6-4-13(5-7-14)12-22-9-3-8-19-22/h3-9,11H,2,10,12H2,1H3,(H2,17,20,24). The van der Waals surface area contributed by atoms with E-state index >= 15 is 0 Å². The maximum atomic E-state index is 12.0. The summed E-state index contributed by atoms with van der Waals surface area (Å²) < 4.78 is 3.59. The summed E-state index contributed by atoms with van der Waals surface area (Å²) in [7, 11) is 0. The minimum Gasteiger partial charge on any atom is -0.332 e. The molecule has 2 N–H and O–H groups in total. The molecule has 0 aliphatic carbocycles. The number of rotatable bonds is 6. The Morgan fingerprint density at radius 3 is 2.79 bits per heavy atom. The molecule has 2 amide bonds. The second kappa shape index (κ2) is 7.40. The lowest BCUT2D eigenvalue weighted by Crippen LogP contribution is -2.29. The van der Waals surface area contributed by atoms with Gasteiger partial charge >= 0.3 is 6.03 Å². The first-order valence-electron chi connectivity index (χ1n) is 7.73. The van der Waals surface area contributed by atoms with Crippen molar-refractivity contribution >= 4 is 11.7 Å². The Morgan fingerprint density at radius 2 is 2.08 bits per heavy atom. The maximum Gasteiger partial charge on any atom is 0.319 e. The molecule has 0 aliphatic heterocycles. The third-order valence-corrected chi connectivity index (χ3v) is 3.54. The molecular weight excluding hydrogens is 306 g/mol. The molecule has 0 unspecified atom stereocenters. The van der Waals surface area contributed by atoms with Crippen molar-refractivity contribution in [2.75, 3.05) is 5.32 Å². The molecule has 0 radical (unpaired) electrons. The number of nitrogens with one attached hydrogen (secondary N) is 2. The van der Waals surface area contributed by atoms with E-state index in [1.807, 2.05) is 48.1 Å². The number of nitrogens with zero attached hydrogens (tertiary/aromatic N) is 5. The average molecular weight is 325 g/mol. The number of aromatic nitrogens is 5. The van der Waals surface area contributed by atoms with E-state index in [-0.39, 0.29) is 6.03 Å². The van der Waals surface area contributed by atoms with Gasteiger partial charge in [0.25, 0.3) is 0 Å². The molecule has 3 rings (SSSR count). The van der Waals surface area contributed by atoms with E-state index in [4.69, 9.17) is 0 Å². The Morgan fingerprint density at radius 1 is 1.25 bits per heavy atom. The van der Waals surface area contributed by atoms with Crippen LogP contribution in [0, 0.1) is 0 Å². The van der Waals surface area contributed by atoms with Crippen LogP contribution in [-0.2, 0) is 19.6 Å². The highest BCUT2D eigenvalue weighted by molar-refractivity contribution is 5.89. The molecule has 0 aliphatic rings. The summed E-state index contributed by atoms with van der Waals surface area (Å²) >= 11 is 0. The SMILES string of the molecule is CCn1nncc1CNC(=O)Nc1ccc(Cn2cccn2)cc1. The van der Waals surface area contributed by atoms with Crippen molar-refractivity contribution in [1.82, 2.24) is 30.1 Å². The van der Waals surface area contributed by atoms with Crippen molar-refractivity contribution in [3.8, 4) is 0 Å². The third kappa shape index (κ3) is 3.97. The van der Waals surface area contributed by atoms with Crippen LogP contribution in [0.4, 0.5) is 10.5 Å². The Bertz CT molecular complexity index is 777. The maximum absolute atomic E-state index is 12.0. The topological polar surface area (TPSA) is 89.7 Å². The molecule has 8 heteroatoms. The minimum atomic E-state index is -0.265. The summed E-state index contributed by atoms with van der Waals surface area (Å²) in [6.07, 6.45) is 5.31. The van der Waals surface area contributed by atoms with Crippen LogP contribution >= 0.6 is 0 Å². The molecule has 1 aromatic carbocycles.